The highest BCUT2D eigenvalue weighted by Gasteiger charge is 2.16. The lowest BCUT2D eigenvalue weighted by atomic mass is 10.1. The molecular weight excluding hydrogens is 272 g/mol. The van der Waals surface area contributed by atoms with Crippen molar-refractivity contribution in [2.75, 3.05) is 11.1 Å². The second kappa shape index (κ2) is 4.90. The van der Waals surface area contributed by atoms with E-state index >= 15 is 0 Å². The molecule has 0 saturated heterocycles. The third-order valence-electron chi connectivity index (χ3n) is 2.91. The third-order valence-corrected chi connectivity index (χ3v) is 4.09. The lowest BCUT2D eigenvalue weighted by molar-refractivity contribution is 0.103. The first-order valence-corrected chi connectivity index (χ1v) is 6.82. The Hall–Kier alpha value is -2.47. The molecule has 2 aromatic heterocycles. The molecule has 1 aromatic carbocycles. The van der Waals surface area contributed by atoms with Crippen molar-refractivity contribution in [3.05, 3.63) is 47.4 Å². The Morgan fingerprint density at radius 1 is 1.30 bits per heavy atom. The number of thiophene rings is 1. The van der Waals surface area contributed by atoms with E-state index < -0.39 is 0 Å². The van der Waals surface area contributed by atoms with Crippen molar-refractivity contribution in [1.82, 2.24) is 9.97 Å². The summed E-state index contributed by atoms with van der Waals surface area (Å²) in [5.74, 6) is -0.240. The topological polar surface area (TPSA) is 80.9 Å². The smallest absolute Gasteiger partial charge is 0.267 e. The van der Waals surface area contributed by atoms with Crippen LogP contribution < -0.4 is 11.1 Å². The Kier molecular flexibility index (Phi) is 3.08. The minimum atomic E-state index is -0.240. The van der Waals surface area contributed by atoms with Gasteiger partial charge in [-0.25, -0.2) is 9.97 Å². The van der Waals surface area contributed by atoms with Crippen LogP contribution in [0.2, 0.25) is 0 Å². The highest BCUT2D eigenvalue weighted by atomic mass is 32.1. The quantitative estimate of drug-likeness (QED) is 0.758. The Balaban J connectivity index is 1.98. The minimum absolute atomic E-state index is 0.240. The maximum absolute atomic E-state index is 12.3. The molecule has 0 unspecified atom stereocenters. The summed E-state index contributed by atoms with van der Waals surface area (Å²) in [5, 5.41) is 3.66. The summed E-state index contributed by atoms with van der Waals surface area (Å²) < 4.78 is 1.00. The van der Waals surface area contributed by atoms with Gasteiger partial charge < -0.3 is 11.1 Å². The molecule has 6 heteroatoms. The van der Waals surface area contributed by atoms with Crippen LogP contribution in [0.5, 0.6) is 0 Å². The summed E-state index contributed by atoms with van der Waals surface area (Å²) in [6.07, 6.45) is 4.49. The summed E-state index contributed by atoms with van der Waals surface area (Å²) in [6, 6.07) is 5.97. The number of amides is 1. The molecule has 0 saturated carbocycles. The van der Waals surface area contributed by atoms with Gasteiger partial charge in [0, 0.05) is 10.1 Å². The van der Waals surface area contributed by atoms with Crippen LogP contribution in [0.15, 0.2) is 36.9 Å². The number of fused-ring (bicyclic) bond motifs is 1. The lowest BCUT2D eigenvalue weighted by Crippen LogP contribution is -2.12. The number of aromatic nitrogens is 2. The molecule has 0 spiro atoms. The van der Waals surface area contributed by atoms with Gasteiger partial charge in [-0.3, -0.25) is 4.79 Å². The summed E-state index contributed by atoms with van der Waals surface area (Å²) in [4.78, 5) is 20.5. The zero-order chi connectivity index (χ0) is 14.1. The molecule has 1 amide bonds. The number of hydrogen-bond acceptors (Lipinski definition) is 5. The number of nitrogens with two attached hydrogens (primary N) is 1. The monoisotopic (exact) mass is 284 g/mol. The van der Waals surface area contributed by atoms with E-state index in [1.165, 1.54) is 17.7 Å². The molecule has 0 aliphatic heterocycles. The summed E-state index contributed by atoms with van der Waals surface area (Å²) in [6.45, 7) is 2.00. The predicted molar refractivity (Wildman–Crippen MR) is 81.0 cm³/mol. The average molecular weight is 284 g/mol. The Morgan fingerprint density at radius 2 is 2.05 bits per heavy atom. The van der Waals surface area contributed by atoms with Crippen LogP contribution >= 0.6 is 11.3 Å². The van der Waals surface area contributed by atoms with Gasteiger partial charge in [-0.05, 0) is 19.1 Å². The van der Waals surface area contributed by atoms with Crippen LogP contribution in [-0.2, 0) is 0 Å². The number of carbonyl (C=O) groups excluding carboxylic acids is 1. The van der Waals surface area contributed by atoms with E-state index in [2.05, 4.69) is 15.3 Å². The van der Waals surface area contributed by atoms with Gasteiger partial charge in [0.05, 0.1) is 23.8 Å². The van der Waals surface area contributed by atoms with Crippen LogP contribution in [0.3, 0.4) is 0 Å². The number of anilines is 2. The summed E-state index contributed by atoms with van der Waals surface area (Å²) in [7, 11) is 0. The van der Waals surface area contributed by atoms with E-state index in [9.17, 15) is 4.79 Å². The maximum atomic E-state index is 12.3. The maximum Gasteiger partial charge on any atom is 0.267 e. The molecule has 0 aliphatic carbocycles. The number of benzene rings is 1. The van der Waals surface area contributed by atoms with Gasteiger partial charge in [0.2, 0.25) is 0 Å². The standard InChI is InChI=1S/C14H12N4OS/c1-8-2-3-11-10(4-8)12(15)13(20-11)14(19)18-9-5-16-7-17-6-9/h2-7H,15H2,1H3,(H,18,19). The summed E-state index contributed by atoms with van der Waals surface area (Å²) in [5.41, 5.74) is 8.26. The van der Waals surface area contributed by atoms with Crippen LogP contribution in [0.4, 0.5) is 11.4 Å². The molecule has 3 N–H and O–H groups in total. The zero-order valence-corrected chi connectivity index (χ0v) is 11.6. The number of nitrogen functional groups attached to an aromatic ring is 1. The second-order valence-corrected chi connectivity index (χ2v) is 5.48. The molecule has 0 atom stereocenters. The molecule has 0 bridgehead atoms. The third kappa shape index (κ3) is 2.21. The Morgan fingerprint density at radius 3 is 2.80 bits per heavy atom. The van der Waals surface area contributed by atoms with Gasteiger partial charge in [0.25, 0.3) is 5.91 Å². The molecule has 20 heavy (non-hydrogen) atoms. The first-order valence-electron chi connectivity index (χ1n) is 6.00. The number of carbonyl (C=O) groups is 1. The normalized spacial score (nSPS) is 10.7. The Bertz CT molecular complexity index is 782. The number of nitrogens with zero attached hydrogens (tertiary/aromatic N) is 2. The molecule has 2 heterocycles. The molecule has 100 valence electrons. The van der Waals surface area contributed by atoms with Gasteiger partial charge in [-0.2, -0.15) is 0 Å². The zero-order valence-electron chi connectivity index (χ0n) is 10.8. The minimum Gasteiger partial charge on any atom is -0.397 e. The van der Waals surface area contributed by atoms with E-state index in [0.717, 1.165) is 15.6 Å². The van der Waals surface area contributed by atoms with Crippen molar-refractivity contribution in [3.8, 4) is 0 Å². The molecule has 0 fully saturated rings. The molecular formula is C14H12N4OS. The fourth-order valence-electron chi connectivity index (χ4n) is 1.95. The number of rotatable bonds is 2. The van der Waals surface area contributed by atoms with Crippen molar-refractivity contribution in [2.45, 2.75) is 6.92 Å². The first kappa shape index (κ1) is 12.6. The highest BCUT2D eigenvalue weighted by molar-refractivity contribution is 7.21. The second-order valence-electron chi connectivity index (χ2n) is 4.43. The van der Waals surface area contributed by atoms with Crippen LogP contribution in [-0.4, -0.2) is 15.9 Å². The largest absolute Gasteiger partial charge is 0.397 e. The van der Waals surface area contributed by atoms with E-state index in [0.29, 0.717) is 16.3 Å². The highest BCUT2D eigenvalue weighted by Crippen LogP contribution is 2.34. The first-order chi connectivity index (χ1) is 9.65. The molecule has 3 aromatic rings. The van der Waals surface area contributed by atoms with E-state index in [-0.39, 0.29) is 5.91 Å². The van der Waals surface area contributed by atoms with Gasteiger partial charge >= 0.3 is 0 Å². The Labute approximate surface area is 119 Å². The van der Waals surface area contributed by atoms with E-state index in [1.807, 2.05) is 25.1 Å². The van der Waals surface area contributed by atoms with Crippen LogP contribution in [0, 0.1) is 6.92 Å². The SMILES string of the molecule is Cc1ccc2sc(C(=O)Nc3cncnc3)c(N)c2c1. The number of hydrogen-bond donors (Lipinski definition) is 2. The molecule has 5 nitrogen and oxygen atoms in total. The van der Waals surface area contributed by atoms with E-state index in [1.54, 1.807) is 12.4 Å². The van der Waals surface area contributed by atoms with Crippen molar-refractivity contribution >= 4 is 38.7 Å². The number of aryl methyl sites for hydroxylation is 1. The lowest BCUT2D eigenvalue weighted by Gasteiger charge is -2.02. The number of nitrogens with one attached hydrogen (secondary N) is 1. The van der Waals surface area contributed by atoms with Crippen LogP contribution in [0.25, 0.3) is 10.1 Å². The van der Waals surface area contributed by atoms with Crippen LogP contribution in [0.1, 0.15) is 15.2 Å². The predicted octanol–water partition coefficient (Wildman–Crippen LogP) is 2.83. The van der Waals surface area contributed by atoms with Gasteiger partial charge in [-0.1, -0.05) is 11.6 Å². The van der Waals surface area contributed by atoms with Crippen molar-refractivity contribution in [1.29, 1.82) is 0 Å². The van der Waals surface area contributed by atoms with Gasteiger partial charge in [-0.15, -0.1) is 11.3 Å². The van der Waals surface area contributed by atoms with Crippen molar-refractivity contribution in [3.63, 3.8) is 0 Å². The van der Waals surface area contributed by atoms with Crippen molar-refractivity contribution in [2.24, 2.45) is 0 Å². The average Bonchev–Trinajstić information content (AvgIpc) is 2.77. The van der Waals surface area contributed by atoms with Gasteiger partial charge in [0.1, 0.15) is 11.2 Å². The molecule has 0 radical (unpaired) electrons. The fraction of sp³-hybridized carbons (Fsp3) is 0.0714. The van der Waals surface area contributed by atoms with Gasteiger partial charge in [0.15, 0.2) is 0 Å². The van der Waals surface area contributed by atoms with Crippen molar-refractivity contribution < 1.29 is 4.79 Å². The molecule has 3 rings (SSSR count). The van der Waals surface area contributed by atoms with E-state index in [4.69, 9.17) is 5.73 Å². The summed E-state index contributed by atoms with van der Waals surface area (Å²) >= 11 is 1.38. The molecule has 0 aliphatic rings. The fourth-order valence-corrected chi connectivity index (χ4v) is 2.95.